The van der Waals surface area contributed by atoms with Crippen LogP contribution in [0.3, 0.4) is 0 Å². The predicted octanol–water partition coefficient (Wildman–Crippen LogP) is 3.64. The Morgan fingerprint density at radius 2 is 2.00 bits per heavy atom. The molecule has 0 saturated heterocycles. The fourth-order valence-corrected chi connectivity index (χ4v) is 2.00. The number of hydrogen-bond acceptors (Lipinski definition) is 4. The summed E-state index contributed by atoms with van der Waals surface area (Å²) >= 11 is 0. The van der Waals surface area contributed by atoms with Crippen molar-refractivity contribution in [2.45, 2.75) is 33.3 Å². The largest absolute Gasteiger partial charge is 0.513 e. The first-order valence-electron chi connectivity index (χ1n) is 6.19. The van der Waals surface area contributed by atoms with E-state index in [9.17, 15) is 14.9 Å². The van der Waals surface area contributed by atoms with Crippen molar-refractivity contribution >= 4 is 22.8 Å². The molecular weight excluding hydrogens is 260 g/mol. The molecule has 0 atom stereocenters. The zero-order valence-corrected chi connectivity index (χ0v) is 11.8. The van der Waals surface area contributed by atoms with Gasteiger partial charge < -0.3 is 14.9 Å². The van der Waals surface area contributed by atoms with Crippen molar-refractivity contribution in [3.8, 4) is 0 Å². The third kappa shape index (κ3) is 2.49. The normalized spacial score (nSPS) is 11.6. The van der Waals surface area contributed by atoms with Crippen molar-refractivity contribution < 1.29 is 14.5 Å². The number of nitro groups is 1. The van der Waals surface area contributed by atoms with Gasteiger partial charge in [0.05, 0.1) is 0 Å². The number of aryl methyl sites for hydroxylation is 1. The lowest BCUT2D eigenvalue weighted by Crippen LogP contribution is -2.27. The molecule has 0 spiro atoms. The van der Waals surface area contributed by atoms with E-state index in [1.54, 1.807) is 32.9 Å². The average Bonchev–Trinajstić information content (AvgIpc) is 2.67. The highest BCUT2D eigenvalue weighted by Crippen LogP contribution is 2.28. The van der Waals surface area contributed by atoms with Crippen LogP contribution in [-0.4, -0.2) is 21.2 Å². The molecule has 0 aliphatic rings. The minimum Gasteiger partial charge on any atom is -0.425 e. The molecule has 2 rings (SSSR count). The van der Waals surface area contributed by atoms with Crippen LogP contribution in [0, 0.1) is 17.0 Å². The molecule has 1 aromatic heterocycles. The van der Waals surface area contributed by atoms with Crippen molar-refractivity contribution in [1.29, 1.82) is 0 Å². The van der Waals surface area contributed by atoms with E-state index in [2.05, 4.69) is 0 Å². The monoisotopic (exact) mass is 276 g/mol. The van der Waals surface area contributed by atoms with E-state index in [4.69, 9.17) is 4.74 Å². The summed E-state index contributed by atoms with van der Waals surface area (Å²) in [5, 5.41) is 11.8. The van der Waals surface area contributed by atoms with E-state index in [-0.39, 0.29) is 5.82 Å². The number of carbonyl (C=O) groups excluding carboxylic acids is 1. The second kappa shape index (κ2) is 4.63. The van der Waals surface area contributed by atoms with Gasteiger partial charge in [-0.3, -0.25) is 0 Å². The van der Waals surface area contributed by atoms with Gasteiger partial charge in [-0.05, 0) is 44.2 Å². The lowest BCUT2D eigenvalue weighted by Gasteiger charge is -2.17. The van der Waals surface area contributed by atoms with Crippen LogP contribution in [0.5, 0.6) is 0 Å². The molecule has 0 amide bonds. The van der Waals surface area contributed by atoms with E-state index in [1.807, 2.05) is 13.0 Å². The van der Waals surface area contributed by atoms with E-state index < -0.39 is 16.6 Å². The number of rotatable bonds is 1. The fraction of sp³-hybridized carbons (Fsp3) is 0.357. The van der Waals surface area contributed by atoms with Gasteiger partial charge in [0, 0.05) is 11.5 Å². The molecule has 0 aliphatic heterocycles. The Morgan fingerprint density at radius 3 is 2.55 bits per heavy atom. The molecule has 1 heterocycles. The minimum absolute atomic E-state index is 0.288. The summed E-state index contributed by atoms with van der Waals surface area (Å²) in [5.41, 5.74) is 0.629. The molecule has 106 valence electrons. The van der Waals surface area contributed by atoms with Crippen LogP contribution in [0.1, 0.15) is 26.3 Å². The molecule has 20 heavy (non-hydrogen) atoms. The molecule has 6 nitrogen and oxygen atoms in total. The van der Waals surface area contributed by atoms with Crippen LogP contribution >= 0.6 is 0 Å². The number of ether oxygens (including phenoxy) is 1. The first-order chi connectivity index (χ1) is 9.20. The Kier molecular flexibility index (Phi) is 3.25. The molecule has 2 aromatic rings. The third-order valence-electron chi connectivity index (χ3n) is 2.81. The predicted molar refractivity (Wildman–Crippen MR) is 75.0 cm³/mol. The van der Waals surface area contributed by atoms with Gasteiger partial charge in [0.25, 0.3) is 0 Å². The third-order valence-corrected chi connectivity index (χ3v) is 2.81. The summed E-state index contributed by atoms with van der Waals surface area (Å²) in [6.45, 7) is 6.99. The number of hydrogen-bond donors (Lipinski definition) is 0. The van der Waals surface area contributed by atoms with Gasteiger partial charge in [0.2, 0.25) is 0 Å². The van der Waals surface area contributed by atoms with Gasteiger partial charge in [-0.2, -0.15) is 4.79 Å². The van der Waals surface area contributed by atoms with Crippen molar-refractivity contribution in [2.75, 3.05) is 0 Å². The summed E-state index contributed by atoms with van der Waals surface area (Å²) in [7, 11) is 0. The highest BCUT2D eigenvalue weighted by atomic mass is 16.6. The van der Waals surface area contributed by atoms with Crippen LogP contribution in [0.15, 0.2) is 24.3 Å². The number of nitrogens with zero attached hydrogens (tertiary/aromatic N) is 2. The second-order valence-corrected chi connectivity index (χ2v) is 5.58. The Balaban J connectivity index is 2.67. The number of aromatic nitrogens is 1. The van der Waals surface area contributed by atoms with Crippen LogP contribution in [0.4, 0.5) is 10.6 Å². The molecule has 0 saturated carbocycles. The molecule has 1 aromatic carbocycles. The van der Waals surface area contributed by atoms with E-state index in [0.29, 0.717) is 10.9 Å². The zero-order valence-electron chi connectivity index (χ0n) is 11.8. The first kappa shape index (κ1) is 14.0. The number of carbonyl (C=O) groups is 1. The van der Waals surface area contributed by atoms with Gasteiger partial charge in [-0.15, -0.1) is 4.57 Å². The Hall–Kier alpha value is -2.37. The number of fused-ring (bicyclic) bond motifs is 1. The van der Waals surface area contributed by atoms with Crippen LogP contribution in [0.25, 0.3) is 10.9 Å². The minimum atomic E-state index is -0.746. The summed E-state index contributed by atoms with van der Waals surface area (Å²) in [6, 6.07) is 6.65. The molecule has 0 N–H and O–H groups in total. The Morgan fingerprint density at radius 1 is 1.35 bits per heavy atom. The lowest BCUT2D eigenvalue weighted by atomic mass is 10.1. The van der Waals surface area contributed by atoms with E-state index in [0.717, 1.165) is 10.1 Å². The van der Waals surface area contributed by atoms with Crippen molar-refractivity contribution in [3.63, 3.8) is 0 Å². The maximum atomic E-state index is 12.2. The van der Waals surface area contributed by atoms with Gasteiger partial charge in [0.15, 0.2) is 0 Å². The lowest BCUT2D eigenvalue weighted by molar-refractivity contribution is -0.390. The van der Waals surface area contributed by atoms with Crippen LogP contribution < -0.4 is 0 Å². The SMILES string of the molecule is Cc1cccc2c1cc([N+](=O)[O-])n2C(=O)OC(C)(C)C. The van der Waals surface area contributed by atoms with E-state index in [1.165, 1.54) is 6.07 Å². The van der Waals surface area contributed by atoms with Crippen molar-refractivity contribution in [2.24, 2.45) is 0 Å². The standard InChI is InChI=1S/C14H16N2O4/c1-9-6-5-7-11-10(9)8-12(16(18)19)15(11)13(17)20-14(2,3)4/h5-8H,1-4H3. The molecular formula is C14H16N2O4. The molecule has 0 aliphatic carbocycles. The molecule has 0 bridgehead atoms. The van der Waals surface area contributed by atoms with Crippen LogP contribution in [-0.2, 0) is 4.74 Å². The highest BCUT2D eigenvalue weighted by Gasteiger charge is 2.30. The average molecular weight is 276 g/mol. The van der Waals surface area contributed by atoms with Crippen molar-refractivity contribution in [1.82, 2.24) is 4.57 Å². The summed E-state index contributed by atoms with van der Waals surface area (Å²) in [5.74, 6) is -0.288. The maximum absolute atomic E-state index is 12.2. The Labute approximate surface area is 116 Å². The van der Waals surface area contributed by atoms with E-state index >= 15 is 0 Å². The fourth-order valence-electron chi connectivity index (χ4n) is 2.00. The molecule has 6 heteroatoms. The quantitative estimate of drug-likeness (QED) is 0.588. The molecule has 0 fully saturated rings. The highest BCUT2D eigenvalue weighted by molar-refractivity contribution is 5.94. The zero-order chi connectivity index (χ0) is 15.1. The second-order valence-electron chi connectivity index (χ2n) is 5.58. The summed E-state index contributed by atoms with van der Waals surface area (Å²) < 4.78 is 6.25. The number of benzene rings is 1. The topological polar surface area (TPSA) is 74.4 Å². The maximum Gasteiger partial charge on any atom is 0.513 e. The summed E-state index contributed by atoms with van der Waals surface area (Å²) in [6.07, 6.45) is -0.746. The van der Waals surface area contributed by atoms with Gasteiger partial charge in [-0.25, -0.2) is 0 Å². The first-order valence-corrected chi connectivity index (χ1v) is 6.19. The van der Waals surface area contributed by atoms with Gasteiger partial charge in [0.1, 0.15) is 11.1 Å². The van der Waals surface area contributed by atoms with Gasteiger partial charge in [-0.1, -0.05) is 12.1 Å². The molecule has 0 unspecified atom stereocenters. The summed E-state index contributed by atoms with van der Waals surface area (Å²) in [4.78, 5) is 22.8. The van der Waals surface area contributed by atoms with Crippen LogP contribution in [0.2, 0.25) is 0 Å². The van der Waals surface area contributed by atoms with Crippen molar-refractivity contribution in [3.05, 3.63) is 39.9 Å². The smallest absolute Gasteiger partial charge is 0.425 e. The van der Waals surface area contributed by atoms with Gasteiger partial charge >= 0.3 is 11.9 Å². The molecule has 0 radical (unpaired) electrons. The Bertz CT molecular complexity index is 695.